The first-order chi connectivity index (χ1) is 7.16. The van der Waals surface area contributed by atoms with E-state index in [9.17, 15) is 4.79 Å². The van der Waals surface area contributed by atoms with Crippen molar-refractivity contribution in [1.82, 2.24) is 9.55 Å². The van der Waals surface area contributed by atoms with Crippen LogP contribution in [0.3, 0.4) is 0 Å². The van der Waals surface area contributed by atoms with Crippen molar-refractivity contribution in [3.05, 3.63) is 17.7 Å². The van der Waals surface area contributed by atoms with Crippen molar-refractivity contribution in [3.63, 3.8) is 0 Å². The van der Waals surface area contributed by atoms with Gasteiger partial charge in [-0.25, -0.2) is 9.78 Å². The molecule has 0 bridgehead atoms. The zero-order valence-corrected chi connectivity index (χ0v) is 9.06. The van der Waals surface area contributed by atoms with Gasteiger partial charge in [-0.1, -0.05) is 0 Å². The summed E-state index contributed by atoms with van der Waals surface area (Å²) in [4.78, 5) is 14.8. The number of aromatic nitrogens is 2. The number of aryl methyl sites for hydroxylation is 1. The fourth-order valence-electron chi connectivity index (χ4n) is 1.39. The number of nitrogens with zero attached hydrogens (tertiary/aromatic N) is 2. The minimum atomic E-state index is -0.938. The van der Waals surface area contributed by atoms with Gasteiger partial charge in [-0.2, -0.15) is 0 Å². The molecule has 5 nitrogen and oxygen atoms in total. The summed E-state index contributed by atoms with van der Waals surface area (Å²) in [7, 11) is 0. The van der Waals surface area contributed by atoms with E-state index >= 15 is 0 Å². The monoisotopic (exact) mass is 212 g/mol. The zero-order valence-electron chi connectivity index (χ0n) is 9.06. The van der Waals surface area contributed by atoms with Gasteiger partial charge >= 0.3 is 5.97 Å². The van der Waals surface area contributed by atoms with E-state index in [0.29, 0.717) is 19.8 Å². The number of imidazole rings is 1. The van der Waals surface area contributed by atoms with E-state index in [2.05, 4.69) is 4.98 Å². The molecule has 0 aromatic carbocycles. The molecule has 0 saturated carbocycles. The Bertz CT molecular complexity index is 333. The molecule has 1 aromatic heterocycles. The molecule has 1 aromatic rings. The molecular formula is C10H16N2O3. The van der Waals surface area contributed by atoms with Crippen LogP contribution in [-0.2, 0) is 11.3 Å². The van der Waals surface area contributed by atoms with Crippen LogP contribution in [0.25, 0.3) is 0 Å². The molecule has 0 fully saturated rings. The summed E-state index contributed by atoms with van der Waals surface area (Å²) >= 11 is 0. The number of aromatic carboxylic acids is 1. The van der Waals surface area contributed by atoms with Gasteiger partial charge in [0.1, 0.15) is 11.5 Å². The fraction of sp³-hybridized carbons (Fsp3) is 0.600. The van der Waals surface area contributed by atoms with Crippen LogP contribution < -0.4 is 0 Å². The molecule has 84 valence electrons. The van der Waals surface area contributed by atoms with Crippen molar-refractivity contribution in [2.75, 3.05) is 13.2 Å². The molecule has 0 spiro atoms. The number of carboxylic acids is 1. The van der Waals surface area contributed by atoms with Gasteiger partial charge in [0.15, 0.2) is 0 Å². The van der Waals surface area contributed by atoms with Crippen LogP contribution in [0.4, 0.5) is 0 Å². The van der Waals surface area contributed by atoms with Crippen LogP contribution in [0, 0.1) is 6.92 Å². The van der Waals surface area contributed by atoms with E-state index in [0.717, 1.165) is 12.2 Å². The minimum absolute atomic E-state index is 0.240. The third-order valence-corrected chi connectivity index (χ3v) is 2.15. The highest BCUT2D eigenvalue weighted by atomic mass is 16.5. The van der Waals surface area contributed by atoms with Gasteiger partial charge in [0, 0.05) is 19.8 Å². The van der Waals surface area contributed by atoms with E-state index < -0.39 is 5.97 Å². The van der Waals surface area contributed by atoms with Gasteiger partial charge in [-0.15, -0.1) is 0 Å². The molecule has 0 radical (unpaired) electrons. The quantitative estimate of drug-likeness (QED) is 0.722. The highest BCUT2D eigenvalue weighted by Crippen LogP contribution is 2.05. The average molecular weight is 212 g/mol. The van der Waals surface area contributed by atoms with Crippen molar-refractivity contribution >= 4 is 5.97 Å². The molecule has 1 rings (SSSR count). The van der Waals surface area contributed by atoms with Gasteiger partial charge in [-0.05, 0) is 20.3 Å². The van der Waals surface area contributed by atoms with Crippen LogP contribution in [-0.4, -0.2) is 33.8 Å². The molecule has 0 aliphatic heterocycles. The molecule has 0 aliphatic carbocycles. The molecule has 0 atom stereocenters. The van der Waals surface area contributed by atoms with Crippen molar-refractivity contribution in [1.29, 1.82) is 0 Å². The average Bonchev–Trinajstić information content (AvgIpc) is 2.55. The number of ether oxygens (including phenoxy) is 1. The molecular weight excluding hydrogens is 196 g/mol. The smallest absolute Gasteiger partial charge is 0.354 e. The Kier molecular flexibility index (Phi) is 4.30. The highest BCUT2D eigenvalue weighted by Gasteiger charge is 2.12. The van der Waals surface area contributed by atoms with Crippen LogP contribution >= 0.6 is 0 Å². The topological polar surface area (TPSA) is 64.3 Å². The Morgan fingerprint density at radius 3 is 3.00 bits per heavy atom. The van der Waals surface area contributed by atoms with Crippen molar-refractivity contribution in [2.24, 2.45) is 0 Å². The molecule has 1 N–H and O–H groups in total. The normalized spacial score (nSPS) is 10.5. The molecule has 0 aliphatic rings. The van der Waals surface area contributed by atoms with Crippen LogP contribution in [0.2, 0.25) is 0 Å². The fourth-order valence-corrected chi connectivity index (χ4v) is 1.39. The van der Waals surface area contributed by atoms with Crippen LogP contribution in [0.5, 0.6) is 0 Å². The largest absolute Gasteiger partial charge is 0.477 e. The first kappa shape index (κ1) is 11.7. The second kappa shape index (κ2) is 5.50. The Hall–Kier alpha value is -1.36. The van der Waals surface area contributed by atoms with E-state index in [-0.39, 0.29) is 5.69 Å². The number of carbonyl (C=O) groups is 1. The van der Waals surface area contributed by atoms with Gasteiger partial charge in [0.05, 0.1) is 6.20 Å². The van der Waals surface area contributed by atoms with Crippen LogP contribution in [0.15, 0.2) is 6.20 Å². The van der Waals surface area contributed by atoms with E-state index in [1.807, 2.05) is 6.92 Å². The lowest BCUT2D eigenvalue weighted by Crippen LogP contribution is -2.11. The standard InChI is InChI=1S/C10H16N2O3/c1-3-15-6-4-5-12-8(2)11-7-9(12)10(13)14/h7H,3-6H2,1-2H3,(H,13,14). The summed E-state index contributed by atoms with van der Waals surface area (Å²) in [5.41, 5.74) is 0.240. The first-order valence-electron chi connectivity index (χ1n) is 5.00. The van der Waals surface area contributed by atoms with Gasteiger partial charge in [0.2, 0.25) is 0 Å². The zero-order chi connectivity index (χ0) is 11.3. The maximum atomic E-state index is 10.8. The number of rotatable bonds is 6. The SMILES string of the molecule is CCOCCCn1c(C(=O)O)cnc1C. The van der Waals surface area contributed by atoms with E-state index in [4.69, 9.17) is 9.84 Å². The minimum Gasteiger partial charge on any atom is -0.477 e. The second-order valence-electron chi connectivity index (χ2n) is 3.20. The number of hydrogen-bond donors (Lipinski definition) is 1. The summed E-state index contributed by atoms with van der Waals surface area (Å²) in [6.07, 6.45) is 2.18. The van der Waals surface area contributed by atoms with Gasteiger partial charge < -0.3 is 14.4 Å². The molecule has 0 amide bonds. The first-order valence-corrected chi connectivity index (χ1v) is 5.00. The Morgan fingerprint density at radius 2 is 2.40 bits per heavy atom. The Labute approximate surface area is 88.7 Å². The highest BCUT2D eigenvalue weighted by molar-refractivity contribution is 5.85. The van der Waals surface area contributed by atoms with E-state index in [1.165, 1.54) is 6.20 Å². The van der Waals surface area contributed by atoms with Gasteiger partial charge in [0.25, 0.3) is 0 Å². The van der Waals surface area contributed by atoms with Crippen molar-refractivity contribution in [3.8, 4) is 0 Å². The molecule has 1 heterocycles. The Morgan fingerprint density at radius 1 is 1.67 bits per heavy atom. The molecule has 0 saturated heterocycles. The summed E-state index contributed by atoms with van der Waals surface area (Å²) in [5, 5.41) is 8.89. The molecule has 5 heteroatoms. The summed E-state index contributed by atoms with van der Waals surface area (Å²) in [6.45, 7) is 5.70. The second-order valence-corrected chi connectivity index (χ2v) is 3.20. The van der Waals surface area contributed by atoms with Crippen molar-refractivity contribution < 1.29 is 14.6 Å². The third kappa shape index (κ3) is 3.06. The Balaban J connectivity index is 2.58. The van der Waals surface area contributed by atoms with Crippen molar-refractivity contribution in [2.45, 2.75) is 26.8 Å². The number of hydrogen-bond acceptors (Lipinski definition) is 3. The van der Waals surface area contributed by atoms with E-state index in [1.54, 1.807) is 11.5 Å². The lowest BCUT2D eigenvalue weighted by molar-refractivity contribution is 0.0683. The molecule has 15 heavy (non-hydrogen) atoms. The summed E-state index contributed by atoms with van der Waals surface area (Å²) in [6, 6.07) is 0. The third-order valence-electron chi connectivity index (χ3n) is 2.15. The predicted molar refractivity (Wildman–Crippen MR) is 55.0 cm³/mol. The van der Waals surface area contributed by atoms with Crippen LogP contribution in [0.1, 0.15) is 29.7 Å². The predicted octanol–water partition coefficient (Wildman–Crippen LogP) is 1.32. The lowest BCUT2D eigenvalue weighted by atomic mass is 10.4. The lowest BCUT2D eigenvalue weighted by Gasteiger charge is -2.07. The molecule has 0 unspecified atom stereocenters. The maximum absolute atomic E-state index is 10.8. The number of carboxylic acid groups (broad SMARTS) is 1. The summed E-state index contributed by atoms with van der Waals surface area (Å²) in [5.74, 6) is -0.212. The van der Waals surface area contributed by atoms with Gasteiger partial charge in [-0.3, -0.25) is 0 Å². The summed E-state index contributed by atoms with van der Waals surface area (Å²) < 4.78 is 6.89. The maximum Gasteiger partial charge on any atom is 0.354 e.